The summed E-state index contributed by atoms with van der Waals surface area (Å²) in [6.45, 7) is 3.63. The molecule has 1 heterocycles. The van der Waals surface area contributed by atoms with E-state index in [0.29, 0.717) is 23.5 Å². The van der Waals surface area contributed by atoms with Gasteiger partial charge in [-0.2, -0.15) is 0 Å². The average molecular weight is 332 g/mol. The number of nitrogens with one attached hydrogen (secondary N) is 2. The van der Waals surface area contributed by atoms with Crippen LogP contribution in [-0.4, -0.2) is 18.9 Å². The average Bonchev–Trinajstić information content (AvgIpc) is 3.01. The summed E-state index contributed by atoms with van der Waals surface area (Å²) < 4.78 is 5.19. The molecule has 0 aliphatic carbocycles. The maximum absolute atomic E-state index is 12.2. The molecule has 0 unspecified atom stereocenters. The van der Waals surface area contributed by atoms with Crippen LogP contribution in [-0.2, 0) is 16.0 Å². The summed E-state index contributed by atoms with van der Waals surface area (Å²) in [5, 5.41) is 7.59. The van der Waals surface area contributed by atoms with Crippen LogP contribution >= 0.6 is 11.3 Å². The number of hydrogen-bond acceptors (Lipinski definition) is 4. The van der Waals surface area contributed by atoms with Crippen molar-refractivity contribution in [2.45, 2.75) is 20.3 Å². The third-order valence-corrected chi connectivity index (χ3v) is 4.07. The molecule has 2 N–H and O–H groups in total. The molecule has 6 heteroatoms. The minimum absolute atomic E-state index is 0.107. The second-order valence-corrected chi connectivity index (χ2v) is 6.39. The lowest BCUT2D eigenvalue weighted by molar-refractivity contribution is -0.119. The van der Waals surface area contributed by atoms with Crippen LogP contribution in [0, 0.1) is 5.92 Å². The van der Waals surface area contributed by atoms with Gasteiger partial charge in [0.15, 0.2) is 0 Å². The highest BCUT2D eigenvalue weighted by molar-refractivity contribution is 7.10. The molecular weight excluding hydrogens is 312 g/mol. The molecule has 2 rings (SSSR count). The number of methoxy groups -OCH3 is 1. The minimum Gasteiger partial charge on any atom is -0.497 e. The highest BCUT2D eigenvalue weighted by atomic mass is 32.1. The molecule has 23 heavy (non-hydrogen) atoms. The summed E-state index contributed by atoms with van der Waals surface area (Å²) in [5.41, 5.74) is 1.09. The van der Waals surface area contributed by atoms with Gasteiger partial charge in [0.2, 0.25) is 11.8 Å². The van der Waals surface area contributed by atoms with Crippen molar-refractivity contribution in [2.75, 3.05) is 17.7 Å². The maximum Gasteiger partial charge on any atom is 0.229 e. The summed E-state index contributed by atoms with van der Waals surface area (Å²) in [5.74, 6) is 0.218. The summed E-state index contributed by atoms with van der Waals surface area (Å²) in [7, 11) is 1.55. The number of benzene rings is 1. The van der Waals surface area contributed by atoms with Gasteiger partial charge in [0.25, 0.3) is 0 Å². The van der Waals surface area contributed by atoms with E-state index in [9.17, 15) is 9.59 Å². The number of hydrogen-bond donors (Lipinski definition) is 2. The standard InChI is InChI=1S/C17H20N2O3S/c1-11(2)17(21)19-14-7-6-12(22-3)9-15(14)18-16(20)10-13-5-4-8-23-13/h4-9,11H,10H2,1-3H3,(H,18,20)(H,19,21). The number of amides is 2. The van der Waals surface area contributed by atoms with Gasteiger partial charge in [0.05, 0.1) is 24.9 Å². The number of rotatable bonds is 6. The van der Waals surface area contributed by atoms with E-state index >= 15 is 0 Å². The predicted molar refractivity (Wildman–Crippen MR) is 93.1 cm³/mol. The van der Waals surface area contributed by atoms with Crippen LogP contribution in [0.25, 0.3) is 0 Å². The van der Waals surface area contributed by atoms with Crippen LogP contribution in [0.2, 0.25) is 0 Å². The topological polar surface area (TPSA) is 67.4 Å². The van der Waals surface area contributed by atoms with Crippen LogP contribution in [0.3, 0.4) is 0 Å². The third kappa shape index (κ3) is 4.82. The largest absolute Gasteiger partial charge is 0.497 e. The van der Waals surface area contributed by atoms with Crippen molar-refractivity contribution in [1.29, 1.82) is 0 Å². The first-order chi connectivity index (χ1) is 11.0. The smallest absolute Gasteiger partial charge is 0.229 e. The van der Waals surface area contributed by atoms with Gasteiger partial charge in [-0.05, 0) is 23.6 Å². The second-order valence-electron chi connectivity index (χ2n) is 5.36. The molecule has 1 aromatic heterocycles. The van der Waals surface area contributed by atoms with Crippen molar-refractivity contribution >= 4 is 34.5 Å². The fourth-order valence-corrected chi connectivity index (χ4v) is 2.61. The molecule has 2 amide bonds. The lowest BCUT2D eigenvalue weighted by Crippen LogP contribution is -2.20. The van der Waals surface area contributed by atoms with E-state index in [1.165, 1.54) is 11.3 Å². The van der Waals surface area contributed by atoms with E-state index in [1.807, 2.05) is 31.4 Å². The van der Waals surface area contributed by atoms with Gasteiger partial charge in [0, 0.05) is 16.9 Å². The van der Waals surface area contributed by atoms with Gasteiger partial charge in [-0.25, -0.2) is 0 Å². The quantitative estimate of drug-likeness (QED) is 0.850. The van der Waals surface area contributed by atoms with Crippen molar-refractivity contribution in [3.05, 3.63) is 40.6 Å². The molecule has 0 saturated heterocycles. The van der Waals surface area contributed by atoms with E-state index < -0.39 is 0 Å². The van der Waals surface area contributed by atoms with Crippen molar-refractivity contribution < 1.29 is 14.3 Å². The molecule has 122 valence electrons. The third-order valence-electron chi connectivity index (χ3n) is 3.20. The molecule has 5 nitrogen and oxygen atoms in total. The summed E-state index contributed by atoms with van der Waals surface area (Å²) in [4.78, 5) is 25.1. The molecule has 0 spiro atoms. The molecule has 0 saturated carbocycles. The van der Waals surface area contributed by atoms with Gasteiger partial charge >= 0.3 is 0 Å². The Morgan fingerprint density at radius 1 is 1.17 bits per heavy atom. The van der Waals surface area contributed by atoms with Crippen LogP contribution < -0.4 is 15.4 Å². The zero-order valence-corrected chi connectivity index (χ0v) is 14.2. The Kier molecular flexibility index (Phi) is 5.76. The normalized spacial score (nSPS) is 10.4. The maximum atomic E-state index is 12.2. The van der Waals surface area contributed by atoms with Crippen LogP contribution in [0.4, 0.5) is 11.4 Å². The molecule has 0 atom stereocenters. The van der Waals surface area contributed by atoms with Crippen LogP contribution in [0.5, 0.6) is 5.75 Å². The van der Waals surface area contributed by atoms with E-state index in [4.69, 9.17) is 4.74 Å². The molecule has 0 radical (unpaired) electrons. The summed E-state index contributed by atoms with van der Waals surface area (Å²) in [6, 6.07) is 8.98. The highest BCUT2D eigenvalue weighted by Gasteiger charge is 2.13. The lowest BCUT2D eigenvalue weighted by atomic mass is 10.2. The zero-order valence-electron chi connectivity index (χ0n) is 13.4. The monoisotopic (exact) mass is 332 g/mol. The first-order valence-corrected chi connectivity index (χ1v) is 8.18. The molecular formula is C17H20N2O3S. The Hall–Kier alpha value is -2.34. The van der Waals surface area contributed by atoms with Gasteiger partial charge in [-0.1, -0.05) is 19.9 Å². The Balaban J connectivity index is 2.16. The van der Waals surface area contributed by atoms with Gasteiger partial charge in [0.1, 0.15) is 5.75 Å². The molecule has 0 bridgehead atoms. The number of carbonyl (C=O) groups excluding carboxylic acids is 2. The molecule has 0 aliphatic rings. The molecule has 2 aromatic rings. The Labute approximate surface area is 139 Å². The molecule has 1 aromatic carbocycles. The van der Waals surface area contributed by atoms with Crippen LogP contribution in [0.1, 0.15) is 18.7 Å². The number of anilines is 2. The van der Waals surface area contributed by atoms with E-state index in [1.54, 1.807) is 25.3 Å². The van der Waals surface area contributed by atoms with Gasteiger partial charge in [-0.15, -0.1) is 11.3 Å². The lowest BCUT2D eigenvalue weighted by Gasteiger charge is -2.14. The van der Waals surface area contributed by atoms with Gasteiger partial charge in [-0.3, -0.25) is 9.59 Å². The van der Waals surface area contributed by atoms with Crippen molar-refractivity contribution in [2.24, 2.45) is 5.92 Å². The van der Waals surface area contributed by atoms with E-state index in [-0.39, 0.29) is 17.7 Å². The summed E-state index contributed by atoms with van der Waals surface area (Å²) >= 11 is 1.53. The fourth-order valence-electron chi connectivity index (χ4n) is 1.91. The Morgan fingerprint density at radius 2 is 1.96 bits per heavy atom. The van der Waals surface area contributed by atoms with E-state index in [2.05, 4.69) is 10.6 Å². The predicted octanol–water partition coefficient (Wildman–Crippen LogP) is 3.53. The first-order valence-electron chi connectivity index (χ1n) is 7.30. The minimum atomic E-state index is -0.147. The van der Waals surface area contributed by atoms with Crippen molar-refractivity contribution in [1.82, 2.24) is 0 Å². The highest BCUT2D eigenvalue weighted by Crippen LogP contribution is 2.28. The van der Waals surface area contributed by atoms with Crippen LogP contribution in [0.15, 0.2) is 35.7 Å². The zero-order chi connectivity index (χ0) is 16.8. The number of thiophene rings is 1. The molecule has 0 fully saturated rings. The number of ether oxygens (including phenoxy) is 1. The van der Waals surface area contributed by atoms with Gasteiger partial charge < -0.3 is 15.4 Å². The van der Waals surface area contributed by atoms with E-state index in [0.717, 1.165) is 4.88 Å². The Morgan fingerprint density at radius 3 is 2.57 bits per heavy atom. The Bertz CT molecular complexity index is 681. The van der Waals surface area contributed by atoms with Crippen molar-refractivity contribution in [3.8, 4) is 5.75 Å². The first kappa shape index (κ1) is 17.0. The molecule has 0 aliphatic heterocycles. The summed E-state index contributed by atoms with van der Waals surface area (Å²) in [6.07, 6.45) is 0.298. The SMILES string of the molecule is COc1ccc(NC(=O)C(C)C)c(NC(=O)Cc2cccs2)c1. The van der Waals surface area contributed by atoms with Crippen molar-refractivity contribution in [3.63, 3.8) is 0 Å². The number of carbonyl (C=O) groups is 2. The fraction of sp³-hybridized carbons (Fsp3) is 0.294. The second kappa shape index (κ2) is 7.78.